The van der Waals surface area contributed by atoms with Gasteiger partial charge in [-0.3, -0.25) is 14.9 Å². The Kier molecular flexibility index (Phi) is 7.60. The summed E-state index contributed by atoms with van der Waals surface area (Å²) in [5.74, 6) is -1.23. The molecule has 0 amide bonds. The Morgan fingerprint density at radius 1 is 1.31 bits per heavy atom. The van der Waals surface area contributed by atoms with E-state index in [4.69, 9.17) is 14.6 Å². The monoisotopic (exact) mass is 445 g/mol. The number of carbonyl (C=O) groups excluding carboxylic acids is 2. The molecule has 1 saturated heterocycles. The molecule has 1 aliphatic heterocycles. The molecule has 2 N–H and O–H groups in total. The number of aryl methyl sites for hydroxylation is 1. The quantitative estimate of drug-likeness (QED) is 0.247. The number of anilines is 1. The van der Waals surface area contributed by atoms with Gasteiger partial charge in [0.15, 0.2) is 6.61 Å². The molecule has 3 rings (SSSR count). The predicted octanol–water partition coefficient (Wildman–Crippen LogP) is 2.64. The van der Waals surface area contributed by atoms with Crippen molar-refractivity contribution in [2.24, 2.45) is 0 Å². The lowest BCUT2D eigenvalue weighted by Gasteiger charge is -2.15. The van der Waals surface area contributed by atoms with E-state index < -0.39 is 17.5 Å². The van der Waals surface area contributed by atoms with E-state index in [1.165, 1.54) is 12.1 Å². The van der Waals surface area contributed by atoms with E-state index in [0.717, 1.165) is 36.9 Å². The molecule has 0 aliphatic carbocycles. The van der Waals surface area contributed by atoms with E-state index in [9.17, 15) is 19.7 Å². The molecule has 2 heterocycles. The topological polar surface area (TPSA) is 133 Å². The Labute approximate surface area is 185 Å². The molecule has 172 valence electrons. The van der Waals surface area contributed by atoms with E-state index in [1.807, 2.05) is 18.4 Å². The van der Waals surface area contributed by atoms with Crippen LogP contribution in [0.2, 0.25) is 0 Å². The number of rotatable bonds is 10. The maximum Gasteiger partial charge on any atom is 0.340 e. The van der Waals surface area contributed by atoms with Crippen LogP contribution in [0.3, 0.4) is 0 Å². The Hall–Kier alpha value is -3.24. The minimum atomic E-state index is -0.865. The lowest BCUT2D eigenvalue weighted by molar-refractivity contribution is -0.384. The van der Waals surface area contributed by atoms with Crippen LogP contribution >= 0.6 is 0 Å². The van der Waals surface area contributed by atoms with Crippen LogP contribution in [0.25, 0.3) is 0 Å². The third kappa shape index (κ3) is 5.32. The molecule has 1 aromatic heterocycles. The summed E-state index contributed by atoms with van der Waals surface area (Å²) in [5, 5.41) is 22.9. The van der Waals surface area contributed by atoms with Crippen molar-refractivity contribution in [3.05, 3.63) is 56.9 Å². The Morgan fingerprint density at radius 2 is 2.09 bits per heavy atom. The number of non-ortho nitro benzene ring substituents is 1. The van der Waals surface area contributed by atoms with Crippen molar-refractivity contribution in [3.63, 3.8) is 0 Å². The molecular weight excluding hydrogens is 418 g/mol. The minimum Gasteiger partial charge on any atom is -0.454 e. The molecule has 0 unspecified atom stereocenters. The largest absolute Gasteiger partial charge is 0.454 e. The number of benzene rings is 1. The number of aliphatic hydroxyl groups is 1. The van der Waals surface area contributed by atoms with Crippen molar-refractivity contribution >= 4 is 23.1 Å². The number of Topliss-reactive ketones (excluding diaryl/α,β-unsaturated/α-hetero) is 1. The van der Waals surface area contributed by atoms with Gasteiger partial charge >= 0.3 is 5.97 Å². The predicted molar refractivity (Wildman–Crippen MR) is 116 cm³/mol. The lowest BCUT2D eigenvalue weighted by Crippen LogP contribution is -2.19. The Morgan fingerprint density at radius 3 is 2.75 bits per heavy atom. The zero-order chi connectivity index (χ0) is 23.3. The molecule has 1 aliphatic rings. The Bertz CT molecular complexity index is 1010. The van der Waals surface area contributed by atoms with Crippen LogP contribution in [0.1, 0.15) is 44.9 Å². The number of nitro groups is 1. The number of carbonyl (C=O) groups is 2. The van der Waals surface area contributed by atoms with E-state index in [0.29, 0.717) is 12.1 Å². The number of hydrogen-bond acceptors (Lipinski definition) is 8. The first-order valence-electron chi connectivity index (χ1n) is 10.4. The summed E-state index contributed by atoms with van der Waals surface area (Å²) in [6, 6.07) is 5.46. The fraction of sp³-hybridized carbons (Fsp3) is 0.455. The molecule has 10 heteroatoms. The van der Waals surface area contributed by atoms with Crippen molar-refractivity contribution in [2.45, 2.75) is 39.3 Å². The second kappa shape index (κ2) is 10.4. The van der Waals surface area contributed by atoms with Crippen molar-refractivity contribution in [1.82, 2.24) is 4.57 Å². The number of ketones is 1. The third-order valence-electron chi connectivity index (χ3n) is 5.48. The fourth-order valence-corrected chi connectivity index (χ4v) is 3.80. The van der Waals surface area contributed by atoms with Crippen LogP contribution in [0, 0.1) is 24.0 Å². The molecule has 2 aromatic rings. The molecule has 0 saturated carbocycles. The SMILES string of the molecule is Cc1cc(C(=O)COC(=O)c2cc([N+](=O)[O-])ccc2NCCO)c(C)n1C[C@@H]1CCCO1. The summed E-state index contributed by atoms with van der Waals surface area (Å²) in [4.78, 5) is 35.8. The van der Waals surface area contributed by atoms with Crippen LogP contribution in [-0.4, -0.2) is 58.8 Å². The first-order chi connectivity index (χ1) is 15.3. The summed E-state index contributed by atoms with van der Waals surface area (Å²) >= 11 is 0. The van der Waals surface area contributed by atoms with Gasteiger partial charge in [-0.2, -0.15) is 0 Å². The second-order valence-electron chi connectivity index (χ2n) is 7.67. The van der Waals surface area contributed by atoms with Gasteiger partial charge in [-0.25, -0.2) is 4.79 Å². The highest BCUT2D eigenvalue weighted by Gasteiger charge is 2.23. The number of esters is 1. The standard InChI is InChI=1S/C22H27N3O7/c1-14-10-18(15(2)24(14)12-17-4-3-9-31-17)21(27)13-32-22(28)19-11-16(25(29)30)5-6-20(19)23-7-8-26/h5-6,10-11,17,23,26H,3-4,7-9,12-13H2,1-2H3/t17-/m0/s1. The van der Waals surface area contributed by atoms with Gasteiger partial charge in [-0.1, -0.05) is 0 Å². The highest BCUT2D eigenvalue weighted by molar-refractivity contribution is 6.02. The summed E-state index contributed by atoms with van der Waals surface area (Å²) in [5.41, 5.74) is 2.07. The van der Waals surface area contributed by atoms with E-state index >= 15 is 0 Å². The molecule has 0 radical (unpaired) electrons. The second-order valence-corrected chi connectivity index (χ2v) is 7.67. The molecule has 0 spiro atoms. The number of aliphatic hydroxyl groups excluding tert-OH is 1. The number of nitro benzene ring substituents is 1. The summed E-state index contributed by atoms with van der Waals surface area (Å²) in [6.45, 7) is 4.63. The normalized spacial score (nSPS) is 15.5. The van der Waals surface area contributed by atoms with Gasteiger partial charge < -0.3 is 24.5 Å². The number of hydrogen-bond donors (Lipinski definition) is 2. The van der Waals surface area contributed by atoms with Gasteiger partial charge in [0.2, 0.25) is 5.78 Å². The maximum atomic E-state index is 12.8. The third-order valence-corrected chi connectivity index (χ3v) is 5.48. The van der Waals surface area contributed by atoms with Gasteiger partial charge in [0, 0.05) is 54.5 Å². The van der Waals surface area contributed by atoms with Gasteiger partial charge in [0.1, 0.15) is 0 Å². The fourth-order valence-electron chi connectivity index (χ4n) is 3.80. The number of aromatic nitrogens is 1. The van der Waals surface area contributed by atoms with Crippen LogP contribution < -0.4 is 5.32 Å². The maximum absolute atomic E-state index is 12.8. The van der Waals surface area contributed by atoms with Crippen LogP contribution in [0.15, 0.2) is 24.3 Å². The number of nitrogens with zero attached hydrogens (tertiary/aromatic N) is 2. The van der Waals surface area contributed by atoms with Gasteiger partial charge in [0.25, 0.3) is 5.69 Å². The van der Waals surface area contributed by atoms with Gasteiger partial charge in [-0.15, -0.1) is 0 Å². The van der Waals surface area contributed by atoms with E-state index in [-0.39, 0.29) is 42.0 Å². The zero-order valence-electron chi connectivity index (χ0n) is 18.1. The van der Waals surface area contributed by atoms with Gasteiger partial charge in [0.05, 0.1) is 23.2 Å². The lowest BCUT2D eigenvalue weighted by atomic mass is 10.1. The van der Waals surface area contributed by atoms with Crippen molar-refractivity contribution in [3.8, 4) is 0 Å². The van der Waals surface area contributed by atoms with Gasteiger partial charge in [-0.05, 0) is 38.8 Å². The zero-order valence-corrected chi connectivity index (χ0v) is 18.1. The molecule has 1 fully saturated rings. The molecular formula is C22H27N3O7. The van der Waals surface area contributed by atoms with Crippen LogP contribution in [0.5, 0.6) is 0 Å². The smallest absolute Gasteiger partial charge is 0.340 e. The van der Waals surface area contributed by atoms with E-state index in [2.05, 4.69) is 5.32 Å². The van der Waals surface area contributed by atoms with Crippen molar-refractivity contribution in [2.75, 3.05) is 31.7 Å². The van der Waals surface area contributed by atoms with E-state index in [1.54, 1.807) is 6.07 Å². The first kappa shape index (κ1) is 23.4. The van der Waals surface area contributed by atoms with Crippen LogP contribution in [-0.2, 0) is 16.0 Å². The summed E-state index contributed by atoms with van der Waals surface area (Å²) in [7, 11) is 0. The Balaban J connectivity index is 1.71. The average Bonchev–Trinajstić information content (AvgIpc) is 3.39. The van der Waals surface area contributed by atoms with Crippen molar-refractivity contribution in [1.29, 1.82) is 0 Å². The highest BCUT2D eigenvalue weighted by atomic mass is 16.6. The number of ether oxygens (including phenoxy) is 2. The highest BCUT2D eigenvalue weighted by Crippen LogP contribution is 2.24. The molecule has 1 atom stereocenters. The summed E-state index contributed by atoms with van der Waals surface area (Å²) in [6.07, 6.45) is 2.13. The molecule has 0 bridgehead atoms. The number of nitrogens with one attached hydrogen (secondary N) is 1. The molecule has 1 aromatic carbocycles. The minimum absolute atomic E-state index is 0.0793. The molecule has 10 nitrogen and oxygen atoms in total. The van der Waals surface area contributed by atoms with Crippen LogP contribution in [0.4, 0.5) is 11.4 Å². The summed E-state index contributed by atoms with van der Waals surface area (Å²) < 4.78 is 12.9. The molecule has 32 heavy (non-hydrogen) atoms. The average molecular weight is 445 g/mol. The first-order valence-corrected chi connectivity index (χ1v) is 10.4. The van der Waals surface area contributed by atoms with Crippen molar-refractivity contribution < 1.29 is 29.1 Å².